The van der Waals surface area contributed by atoms with Gasteiger partial charge in [-0.25, -0.2) is 9.97 Å². The van der Waals surface area contributed by atoms with Crippen LogP contribution in [0.2, 0.25) is 0 Å². The molecule has 1 aromatic heterocycles. The highest BCUT2D eigenvalue weighted by Gasteiger charge is 2.20. The SMILES string of the molecule is CNC1CCN(c2nccc(C(N)=O)n2)CC1. The van der Waals surface area contributed by atoms with Crippen molar-refractivity contribution in [2.24, 2.45) is 5.73 Å². The van der Waals surface area contributed by atoms with Gasteiger partial charge in [-0.1, -0.05) is 0 Å². The average Bonchev–Trinajstić information content (AvgIpc) is 2.39. The van der Waals surface area contributed by atoms with Gasteiger partial charge in [0, 0.05) is 25.3 Å². The molecule has 0 saturated carbocycles. The Bertz CT molecular complexity index is 401. The van der Waals surface area contributed by atoms with E-state index in [0.717, 1.165) is 25.9 Å². The summed E-state index contributed by atoms with van der Waals surface area (Å²) in [5.74, 6) is 0.0783. The summed E-state index contributed by atoms with van der Waals surface area (Å²) in [6.45, 7) is 1.79. The van der Waals surface area contributed by atoms with Gasteiger partial charge in [-0.2, -0.15) is 0 Å². The Labute approximate surface area is 100 Å². The Morgan fingerprint density at radius 1 is 1.53 bits per heavy atom. The third-order valence-electron chi connectivity index (χ3n) is 3.08. The van der Waals surface area contributed by atoms with Crippen molar-refractivity contribution in [3.8, 4) is 0 Å². The summed E-state index contributed by atoms with van der Waals surface area (Å²) in [5, 5.41) is 3.26. The molecule has 1 amide bonds. The Balaban J connectivity index is 2.08. The summed E-state index contributed by atoms with van der Waals surface area (Å²) in [6, 6.07) is 2.09. The van der Waals surface area contributed by atoms with Crippen molar-refractivity contribution in [2.45, 2.75) is 18.9 Å². The van der Waals surface area contributed by atoms with Gasteiger partial charge in [-0.3, -0.25) is 4.79 Å². The number of amides is 1. The van der Waals surface area contributed by atoms with Gasteiger partial charge in [0.1, 0.15) is 5.69 Å². The Hall–Kier alpha value is -1.69. The van der Waals surface area contributed by atoms with Crippen LogP contribution in [-0.2, 0) is 0 Å². The van der Waals surface area contributed by atoms with Crippen molar-refractivity contribution in [3.05, 3.63) is 18.0 Å². The highest BCUT2D eigenvalue weighted by atomic mass is 16.1. The fourth-order valence-corrected chi connectivity index (χ4v) is 2.01. The summed E-state index contributed by atoms with van der Waals surface area (Å²) in [7, 11) is 1.98. The number of piperidine rings is 1. The summed E-state index contributed by atoms with van der Waals surface area (Å²) in [6.07, 6.45) is 3.69. The van der Waals surface area contributed by atoms with Crippen LogP contribution in [0.15, 0.2) is 12.3 Å². The molecule has 2 heterocycles. The Morgan fingerprint density at radius 2 is 2.24 bits per heavy atom. The first-order valence-electron chi connectivity index (χ1n) is 5.76. The van der Waals surface area contributed by atoms with Crippen LogP contribution in [0.3, 0.4) is 0 Å². The summed E-state index contributed by atoms with van der Waals surface area (Å²) < 4.78 is 0. The van der Waals surface area contributed by atoms with Crippen molar-refractivity contribution in [3.63, 3.8) is 0 Å². The van der Waals surface area contributed by atoms with E-state index in [2.05, 4.69) is 20.2 Å². The molecule has 6 heteroatoms. The number of nitrogens with two attached hydrogens (primary N) is 1. The van der Waals surface area contributed by atoms with Gasteiger partial charge in [-0.05, 0) is 26.0 Å². The number of hydrogen-bond donors (Lipinski definition) is 2. The number of aromatic nitrogens is 2. The first kappa shape index (κ1) is 11.8. The zero-order chi connectivity index (χ0) is 12.3. The number of anilines is 1. The lowest BCUT2D eigenvalue weighted by atomic mass is 10.1. The smallest absolute Gasteiger partial charge is 0.267 e. The van der Waals surface area contributed by atoms with Crippen molar-refractivity contribution < 1.29 is 4.79 Å². The predicted molar refractivity (Wildman–Crippen MR) is 64.8 cm³/mol. The molecule has 3 N–H and O–H groups in total. The summed E-state index contributed by atoms with van der Waals surface area (Å²) in [5.41, 5.74) is 5.47. The molecule has 2 rings (SSSR count). The van der Waals surface area contributed by atoms with E-state index in [1.165, 1.54) is 6.07 Å². The molecule has 1 aliphatic heterocycles. The van der Waals surface area contributed by atoms with Gasteiger partial charge in [0.2, 0.25) is 5.95 Å². The number of rotatable bonds is 3. The van der Waals surface area contributed by atoms with Crippen LogP contribution in [0.1, 0.15) is 23.3 Å². The fraction of sp³-hybridized carbons (Fsp3) is 0.545. The molecule has 0 radical (unpaired) electrons. The van der Waals surface area contributed by atoms with E-state index in [-0.39, 0.29) is 5.69 Å². The third-order valence-corrected chi connectivity index (χ3v) is 3.08. The molecule has 0 aliphatic carbocycles. The lowest BCUT2D eigenvalue weighted by molar-refractivity contribution is 0.0995. The topological polar surface area (TPSA) is 84.1 Å². The summed E-state index contributed by atoms with van der Waals surface area (Å²) in [4.78, 5) is 21.5. The second-order valence-corrected chi connectivity index (χ2v) is 4.16. The normalized spacial score (nSPS) is 17.1. The number of nitrogens with zero attached hydrogens (tertiary/aromatic N) is 3. The summed E-state index contributed by atoms with van der Waals surface area (Å²) >= 11 is 0. The van der Waals surface area contributed by atoms with E-state index >= 15 is 0 Å². The second-order valence-electron chi connectivity index (χ2n) is 4.16. The number of nitrogens with one attached hydrogen (secondary N) is 1. The average molecular weight is 235 g/mol. The number of hydrogen-bond acceptors (Lipinski definition) is 5. The molecule has 0 unspecified atom stereocenters. The molecular formula is C11H17N5O. The van der Waals surface area contributed by atoms with Crippen LogP contribution < -0.4 is 16.0 Å². The largest absolute Gasteiger partial charge is 0.364 e. The zero-order valence-electron chi connectivity index (χ0n) is 9.89. The van der Waals surface area contributed by atoms with E-state index < -0.39 is 5.91 Å². The number of carbonyl (C=O) groups is 1. The number of carbonyl (C=O) groups excluding carboxylic acids is 1. The van der Waals surface area contributed by atoms with Gasteiger partial charge in [0.05, 0.1) is 0 Å². The van der Waals surface area contributed by atoms with E-state index in [9.17, 15) is 4.79 Å². The van der Waals surface area contributed by atoms with Crippen LogP contribution in [0, 0.1) is 0 Å². The molecule has 0 aromatic carbocycles. The van der Waals surface area contributed by atoms with Crippen LogP contribution >= 0.6 is 0 Å². The van der Waals surface area contributed by atoms with E-state index in [4.69, 9.17) is 5.73 Å². The minimum absolute atomic E-state index is 0.269. The molecule has 92 valence electrons. The molecule has 1 aromatic rings. The lowest BCUT2D eigenvalue weighted by Crippen LogP contribution is -2.42. The van der Waals surface area contributed by atoms with E-state index in [0.29, 0.717) is 12.0 Å². The van der Waals surface area contributed by atoms with Gasteiger partial charge in [0.25, 0.3) is 5.91 Å². The highest BCUT2D eigenvalue weighted by Crippen LogP contribution is 2.15. The lowest BCUT2D eigenvalue weighted by Gasteiger charge is -2.31. The predicted octanol–water partition coefficient (Wildman–Crippen LogP) is -0.236. The molecule has 0 bridgehead atoms. The second kappa shape index (κ2) is 5.09. The minimum Gasteiger partial charge on any atom is -0.364 e. The fourth-order valence-electron chi connectivity index (χ4n) is 2.01. The quantitative estimate of drug-likeness (QED) is 0.755. The van der Waals surface area contributed by atoms with Gasteiger partial charge in [0.15, 0.2) is 0 Å². The maximum Gasteiger partial charge on any atom is 0.267 e. The van der Waals surface area contributed by atoms with E-state index in [1.54, 1.807) is 6.20 Å². The first-order chi connectivity index (χ1) is 8.20. The molecule has 0 spiro atoms. The van der Waals surface area contributed by atoms with Gasteiger partial charge in [-0.15, -0.1) is 0 Å². The minimum atomic E-state index is -0.515. The van der Waals surface area contributed by atoms with Crippen molar-refractivity contribution in [2.75, 3.05) is 25.0 Å². The van der Waals surface area contributed by atoms with Crippen LogP contribution in [0.4, 0.5) is 5.95 Å². The van der Waals surface area contributed by atoms with E-state index in [1.807, 2.05) is 7.05 Å². The number of primary amides is 1. The molecule has 1 saturated heterocycles. The highest BCUT2D eigenvalue weighted by molar-refractivity contribution is 5.90. The molecule has 1 aliphatic rings. The monoisotopic (exact) mass is 235 g/mol. The third kappa shape index (κ3) is 2.71. The van der Waals surface area contributed by atoms with Crippen LogP contribution in [0.5, 0.6) is 0 Å². The molecular weight excluding hydrogens is 218 g/mol. The zero-order valence-corrected chi connectivity index (χ0v) is 9.89. The Morgan fingerprint density at radius 3 is 2.82 bits per heavy atom. The maximum absolute atomic E-state index is 11.0. The van der Waals surface area contributed by atoms with Gasteiger partial charge < -0.3 is 16.0 Å². The van der Waals surface area contributed by atoms with Crippen molar-refractivity contribution in [1.82, 2.24) is 15.3 Å². The molecule has 17 heavy (non-hydrogen) atoms. The first-order valence-corrected chi connectivity index (χ1v) is 5.76. The van der Waals surface area contributed by atoms with Crippen LogP contribution in [-0.4, -0.2) is 42.1 Å². The maximum atomic E-state index is 11.0. The standard InChI is InChI=1S/C11H17N5O/c1-13-8-3-6-16(7-4-8)11-14-5-2-9(15-11)10(12)17/h2,5,8,13H,3-4,6-7H2,1H3,(H2,12,17). The molecule has 6 nitrogen and oxygen atoms in total. The van der Waals surface area contributed by atoms with Gasteiger partial charge >= 0.3 is 0 Å². The molecule has 1 fully saturated rings. The molecule has 0 atom stereocenters. The van der Waals surface area contributed by atoms with Crippen LogP contribution in [0.25, 0.3) is 0 Å². The van der Waals surface area contributed by atoms with Crippen molar-refractivity contribution >= 4 is 11.9 Å². The van der Waals surface area contributed by atoms with Crippen molar-refractivity contribution in [1.29, 1.82) is 0 Å². The Kier molecular flexibility index (Phi) is 3.53.